The maximum absolute atomic E-state index is 10.9. The van der Waals surface area contributed by atoms with Crippen LogP contribution in [0.4, 0.5) is 0 Å². The second-order valence-electron chi connectivity index (χ2n) is 4.61. The molecule has 0 aromatic heterocycles. The van der Waals surface area contributed by atoms with Gasteiger partial charge in [-0.3, -0.25) is 14.5 Å². The molecule has 18 heavy (non-hydrogen) atoms. The van der Waals surface area contributed by atoms with Gasteiger partial charge in [0.2, 0.25) is 0 Å². The molecule has 0 aromatic carbocycles. The van der Waals surface area contributed by atoms with Crippen molar-refractivity contribution in [2.75, 3.05) is 13.1 Å². The lowest BCUT2D eigenvalue weighted by atomic mass is 10.1. The van der Waals surface area contributed by atoms with E-state index in [2.05, 4.69) is 6.92 Å². The Kier molecular flexibility index (Phi) is 9.28. The van der Waals surface area contributed by atoms with Crippen LogP contribution in [-0.2, 0) is 9.59 Å². The highest BCUT2D eigenvalue weighted by atomic mass is 16.4. The van der Waals surface area contributed by atoms with Crippen LogP contribution >= 0.6 is 0 Å². The average molecular weight is 259 g/mol. The maximum atomic E-state index is 10.9. The molecule has 0 aromatic rings. The third-order valence-corrected chi connectivity index (χ3v) is 3.07. The van der Waals surface area contributed by atoms with E-state index >= 15 is 0 Å². The summed E-state index contributed by atoms with van der Waals surface area (Å²) in [4.78, 5) is 23.2. The van der Waals surface area contributed by atoms with Gasteiger partial charge in [0.15, 0.2) is 0 Å². The molecule has 0 fully saturated rings. The van der Waals surface area contributed by atoms with Gasteiger partial charge in [0.25, 0.3) is 0 Å². The first-order valence-corrected chi connectivity index (χ1v) is 6.67. The molecular weight excluding hydrogens is 234 g/mol. The van der Waals surface area contributed by atoms with Gasteiger partial charge in [-0.05, 0) is 19.9 Å². The van der Waals surface area contributed by atoms with Crippen molar-refractivity contribution >= 4 is 11.9 Å². The number of carboxylic acids is 2. The number of carboxylic acid groups (broad SMARTS) is 2. The normalized spacial score (nSPS) is 12.6. The van der Waals surface area contributed by atoms with Gasteiger partial charge < -0.3 is 10.2 Å². The SMILES string of the molecule is CCCCCCCN(CCC(=O)O)C(C)C(=O)O. The molecule has 0 radical (unpaired) electrons. The summed E-state index contributed by atoms with van der Waals surface area (Å²) in [7, 11) is 0. The summed E-state index contributed by atoms with van der Waals surface area (Å²) in [6.07, 6.45) is 5.52. The van der Waals surface area contributed by atoms with Crippen LogP contribution in [0.15, 0.2) is 0 Å². The number of hydrogen-bond acceptors (Lipinski definition) is 3. The van der Waals surface area contributed by atoms with E-state index in [0.717, 1.165) is 19.3 Å². The number of carbonyl (C=O) groups is 2. The van der Waals surface area contributed by atoms with Crippen LogP contribution in [0.5, 0.6) is 0 Å². The Morgan fingerprint density at radius 1 is 1.06 bits per heavy atom. The molecule has 0 amide bonds. The number of hydrogen-bond donors (Lipinski definition) is 2. The van der Waals surface area contributed by atoms with Crippen molar-refractivity contribution in [3.05, 3.63) is 0 Å². The van der Waals surface area contributed by atoms with E-state index in [1.807, 2.05) is 0 Å². The van der Waals surface area contributed by atoms with E-state index in [1.165, 1.54) is 12.8 Å². The quantitative estimate of drug-likeness (QED) is 0.556. The van der Waals surface area contributed by atoms with Crippen LogP contribution in [0, 0.1) is 0 Å². The Labute approximate surface area is 109 Å². The first-order valence-electron chi connectivity index (χ1n) is 6.67. The Morgan fingerprint density at radius 2 is 1.67 bits per heavy atom. The molecule has 2 N–H and O–H groups in total. The van der Waals surface area contributed by atoms with Gasteiger partial charge >= 0.3 is 11.9 Å². The minimum Gasteiger partial charge on any atom is -0.481 e. The van der Waals surface area contributed by atoms with Crippen molar-refractivity contribution in [3.8, 4) is 0 Å². The lowest BCUT2D eigenvalue weighted by molar-refractivity contribution is -0.144. The molecule has 1 unspecified atom stereocenters. The molecule has 106 valence electrons. The van der Waals surface area contributed by atoms with Gasteiger partial charge in [0, 0.05) is 6.54 Å². The van der Waals surface area contributed by atoms with E-state index in [1.54, 1.807) is 11.8 Å². The number of aliphatic carboxylic acids is 2. The maximum Gasteiger partial charge on any atom is 0.320 e. The van der Waals surface area contributed by atoms with Gasteiger partial charge in [-0.15, -0.1) is 0 Å². The van der Waals surface area contributed by atoms with Gasteiger partial charge in [-0.1, -0.05) is 32.6 Å². The third kappa shape index (κ3) is 8.06. The van der Waals surface area contributed by atoms with Crippen molar-refractivity contribution in [3.63, 3.8) is 0 Å². The molecule has 5 nitrogen and oxygen atoms in total. The Balaban J connectivity index is 4.04. The molecular formula is C13H25NO4. The molecule has 0 aliphatic heterocycles. The van der Waals surface area contributed by atoms with Gasteiger partial charge in [-0.2, -0.15) is 0 Å². The van der Waals surface area contributed by atoms with Crippen molar-refractivity contribution in [2.45, 2.75) is 58.4 Å². The van der Waals surface area contributed by atoms with Crippen LogP contribution < -0.4 is 0 Å². The lowest BCUT2D eigenvalue weighted by Gasteiger charge is -2.25. The van der Waals surface area contributed by atoms with Crippen LogP contribution in [0.3, 0.4) is 0 Å². The molecule has 1 atom stereocenters. The molecule has 0 bridgehead atoms. The van der Waals surface area contributed by atoms with Crippen LogP contribution in [0.1, 0.15) is 52.4 Å². The molecule has 0 heterocycles. The highest BCUT2D eigenvalue weighted by Crippen LogP contribution is 2.07. The van der Waals surface area contributed by atoms with Gasteiger partial charge in [0.1, 0.15) is 6.04 Å². The number of rotatable bonds is 11. The minimum absolute atomic E-state index is 0.00736. The first kappa shape index (κ1) is 16.9. The summed E-state index contributed by atoms with van der Waals surface area (Å²) in [5, 5.41) is 17.6. The molecule has 0 saturated heterocycles. The average Bonchev–Trinajstić information content (AvgIpc) is 2.31. The van der Waals surface area contributed by atoms with Crippen LogP contribution in [0.25, 0.3) is 0 Å². The van der Waals surface area contributed by atoms with E-state index in [-0.39, 0.29) is 6.42 Å². The molecule has 0 saturated carbocycles. The summed E-state index contributed by atoms with van der Waals surface area (Å²) < 4.78 is 0. The molecule has 0 rings (SSSR count). The minimum atomic E-state index is -0.894. The van der Waals surface area contributed by atoms with Crippen LogP contribution in [0.2, 0.25) is 0 Å². The third-order valence-electron chi connectivity index (χ3n) is 3.07. The summed E-state index contributed by atoms with van der Waals surface area (Å²) in [5.41, 5.74) is 0. The Bertz CT molecular complexity index is 255. The van der Waals surface area contributed by atoms with Crippen molar-refractivity contribution < 1.29 is 19.8 Å². The number of nitrogens with zero attached hydrogens (tertiary/aromatic N) is 1. The smallest absolute Gasteiger partial charge is 0.320 e. The van der Waals surface area contributed by atoms with E-state index in [9.17, 15) is 9.59 Å². The molecule has 5 heteroatoms. The van der Waals surface area contributed by atoms with Crippen molar-refractivity contribution in [1.29, 1.82) is 0 Å². The van der Waals surface area contributed by atoms with Crippen LogP contribution in [-0.4, -0.2) is 46.2 Å². The fraction of sp³-hybridized carbons (Fsp3) is 0.846. The zero-order valence-corrected chi connectivity index (χ0v) is 11.4. The van der Waals surface area contributed by atoms with Gasteiger partial charge in [-0.25, -0.2) is 0 Å². The highest BCUT2D eigenvalue weighted by Gasteiger charge is 2.20. The fourth-order valence-electron chi connectivity index (χ4n) is 1.81. The summed E-state index contributed by atoms with van der Waals surface area (Å²) in [5.74, 6) is -1.78. The Hall–Kier alpha value is -1.10. The topological polar surface area (TPSA) is 77.8 Å². The fourth-order valence-corrected chi connectivity index (χ4v) is 1.81. The molecule has 0 aliphatic rings. The second-order valence-corrected chi connectivity index (χ2v) is 4.61. The zero-order chi connectivity index (χ0) is 14.0. The standard InChI is InChI=1S/C13H25NO4/c1-3-4-5-6-7-9-14(10-8-12(15)16)11(2)13(17)18/h11H,3-10H2,1-2H3,(H,15,16)(H,17,18). The predicted octanol–water partition coefficient (Wildman–Crippen LogP) is 2.21. The summed E-state index contributed by atoms with van der Waals surface area (Å²) in [6.45, 7) is 4.71. The van der Waals surface area contributed by atoms with Crippen molar-refractivity contribution in [1.82, 2.24) is 4.90 Å². The molecule has 0 spiro atoms. The Morgan fingerprint density at radius 3 is 2.17 bits per heavy atom. The summed E-state index contributed by atoms with van der Waals surface area (Å²) >= 11 is 0. The van der Waals surface area contributed by atoms with E-state index in [0.29, 0.717) is 13.1 Å². The monoisotopic (exact) mass is 259 g/mol. The largest absolute Gasteiger partial charge is 0.481 e. The molecule has 0 aliphatic carbocycles. The predicted molar refractivity (Wildman–Crippen MR) is 69.7 cm³/mol. The lowest BCUT2D eigenvalue weighted by Crippen LogP contribution is -2.40. The highest BCUT2D eigenvalue weighted by molar-refractivity contribution is 5.73. The van der Waals surface area contributed by atoms with Gasteiger partial charge in [0.05, 0.1) is 6.42 Å². The second kappa shape index (κ2) is 9.88. The van der Waals surface area contributed by atoms with E-state index in [4.69, 9.17) is 10.2 Å². The summed E-state index contributed by atoms with van der Waals surface area (Å²) in [6, 6.07) is -0.615. The number of unbranched alkanes of at least 4 members (excludes halogenated alkanes) is 4. The van der Waals surface area contributed by atoms with Crippen molar-refractivity contribution in [2.24, 2.45) is 0 Å². The van der Waals surface area contributed by atoms with E-state index < -0.39 is 18.0 Å². The zero-order valence-electron chi connectivity index (χ0n) is 11.4. The first-order chi connectivity index (χ1) is 8.49.